The molecule has 1 aliphatic heterocycles. The summed E-state index contributed by atoms with van der Waals surface area (Å²) in [4.78, 5) is 35.6. The quantitative estimate of drug-likeness (QED) is 0.634. The van der Waals surface area contributed by atoms with Crippen molar-refractivity contribution in [3.63, 3.8) is 0 Å². The number of carbonyl (C=O) groups excluding carboxylic acids is 3. The van der Waals surface area contributed by atoms with Crippen molar-refractivity contribution < 1.29 is 19.1 Å². The standard InChI is InChI=1S/C13H14ClN3O4/c1-13(8-4-3-5-9(6-8)21-2)11(19)17(12(20)15-13)16-10(18)7-14/h3-6H,7H2,1-2H3,(H,15,20)(H,16,18)/t13-/m1/s1. The second kappa shape index (κ2) is 5.61. The molecule has 4 amide bonds. The van der Waals surface area contributed by atoms with Gasteiger partial charge in [0.1, 0.15) is 17.2 Å². The van der Waals surface area contributed by atoms with Crippen molar-refractivity contribution in [2.45, 2.75) is 12.5 Å². The van der Waals surface area contributed by atoms with Gasteiger partial charge in [-0.1, -0.05) is 12.1 Å². The number of nitrogens with zero attached hydrogens (tertiary/aromatic N) is 1. The summed E-state index contributed by atoms with van der Waals surface area (Å²) in [7, 11) is 1.50. The lowest BCUT2D eigenvalue weighted by Crippen LogP contribution is -2.48. The van der Waals surface area contributed by atoms with Crippen LogP contribution >= 0.6 is 11.6 Å². The van der Waals surface area contributed by atoms with Crippen molar-refractivity contribution in [3.05, 3.63) is 29.8 Å². The van der Waals surface area contributed by atoms with E-state index in [2.05, 4.69) is 10.7 Å². The number of hydrogen-bond acceptors (Lipinski definition) is 4. The van der Waals surface area contributed by atoms with E-state index in [0.717, 1.165) is 0 Å². The third-order valence-corrected chi connectivity index (χ3v) is 3.44. The molecule has 0 aromatic heterocycles. The van der Waals surface area contributed by atoms with Gasteiger partial charge in [0, 0.05) is 0 Å². The molecule has 1 heterocycles. The predicted molar refractivity (Wildman–Crippen MR) is 74.6 cm³/mol. The SMILES string of the molecule is COc1cccc([C@@]2(C)NC(=O)N(NC(=O)CCl)C2=O)c1. The Labute approximate surface area is 126 Å². The topological polar surface area (TPSA) is 87.7 Å². The highest BCUT2D eigenvalue weighted by molar-refractivity contribution is 6.27. The summed E-state index contributed by atoms with van der Waals surface area (Å²) in [6.07, 6.45) is 0. The van der Waals surface area contributed by atoms with E-state index in [1.807, 2.05) is 0 Å². The molecule has 1 aliphatic rings. The molecule has 2 rings (SSSR count). The summed E-state index contributed by atoms with van der Waals surface area (Å²) < 4.78 is 5.11. The number of ether oxygens (including phenoxy) is 1. The Hall–Kier alpha value is -2.28. The van der Waals surface area contributed by atoms with Crippen molar-refractivity contribution >= 4 is 29.4 Å². The van der Waals surface area contributed by atoms with Gasteiger partial charge in [0.25, 0.3) is 11.8 Å². The fourth-order valence-corrected chi connectivity index (χ4v) is 2.08. The van der Waals surface area contributed by atoms with E-state index >= 15 is 0 Å². The Morgan fingerprint density at radius 2 is 2.19 bits per heavy atom. The lowest BCUT2D eigenvalue weighted by Gasteiger charge is -2.22. The van der Waals surface area contributed by atoms with E-state index in [-0.39, 0.29) is 5.88 Å². The second-order valence-electron chi connectivity index (χ2n) is 4.60. The summed E-state index contributed by atoms with van der Waals surface area (Å²) in [5, 5.41) is 3.18. The lowest BCUT2D eigenvalue weighted by molar-refractivity contribution is -0.138. The van der Waals surface area contributed by atoms with Gasteiger partial charge in [-0.3, -0.25) is 15.0 Å². The van der Waals surface area contributed by atoms with Gasteiger partial charge in [0.05, 0.1) is 7.11 Å². The van der Waals surface area contributed by atoms with Crippen LogP contribution in [0, 0.1) is 0 Å². The maximum absolute atomic E-state index is 12.4. The maximum atomic E-state index is 12.4. The fourth-order valence-electron chi connectivity index (χ4n) is 2.02. The molecular formula is C13H14ClN3O4. The van der Waals surface area contributed by atoms with E-state index < -0.39 is 23.4 Å². The van der Waals surface area contributed by atoms with Gasteiger partial charge >= 0.3 is 6.03 Å². The van der Waals surface area contributed by atoms with Crippen molar-refractivity contribution in [1.29, 1.82) is 0 Å². The zero-order valence-electron chi connectivity index (χ0n) is 11.5. The summed E-state index contributed by atoms with van der Waals surface area (Å²) in [6.45, 7) is 1.55. The zero-order valence-corrected chi connectivity index (χ0v) is 12.2. The van der Waals surface area contributed by atoms with Crippen LogP contribution in [0.25, 0.3) is 0 Å². The summed E-state index contributed by atoms with van der Waals surface area (Å²) in [6, 6.07) is 6.04. The number of hydrogen-bond donors (Lipinski definition) is 2. The van der Waals surface area contributed by atoms with Crippen molar-refractivity contribution in [2.24, 2.45) is 0 Å². The molecular weight excluding hydrogens is 298 g/mol. The highest BCUT2D eigenvalue weighted by Crippen LogP contribution is 2.30. The minimum atomic E-state index is -1.29. The van der Waals surface area contributed by atoms with Gasteiger partial charge < -0.3 is 10.1 Å². The third kappa shape index (κ3) is 2.64. The number of amides is 4. The summed E-state index contributed by atoms with van der Waals surface area (Å²) in [5.74, 6) is -1.04. The van der Waals surface area contributed by atoms with Crippen molar-refractivity contribution in [1.82, 2.24) is 15.8 Å². The van der Waals surface area contributed by atoms with Crippen molar-refractivity contribution in [2.75, 3.05) is 13.0 Å². The molecule has 1 atom stereocenters. The Balaban J connectivity index is 2.33. The molecule has 7 nitrogen and oxygen atoms in total. The molecule has 8 heteroatoms. The van der Waals surface area contributed by atoms with E-state index in [1.165, 1.54) is 7.11 Å². The van der Waals surface area contributed by atoms with E-state index in [1.54, 1.807) is 31.2 Å². The Morgan fingerprint density at radius 3 is 2.81 bits per heavy atom. The Bertz CT molecular complexity index is 607. The molecule has 0 bridgehead atoms. The molecule has 1 aromatic rings. The average Bonchev–Trinajstić information content (AvgIpc) is 2.71. The van der Waals surface area contributed by atoms with Crippen LogP contribution in [0.2, 0.25) is 0 Å². The van der Waals surface area contributed by atoms with Crippen LogP contribution in [0.5, 0.6) is 5.75 Å². The van der Waals surface area contributed by atoms with Crippen LogP contribution in [-0.4, -0.2) is 35.8 Å². The van der Waals surface area contributed by atoms with Crippen molar-refractivity contribution in [3.8, 4) is 5.75 Å². The van der Waals surface area contributed by atoms with E-state index in [9.17, 15) is 14.4 Å². The molecule has 1 saturated heterocycles. The third-order valence-electron chi connectivity index (χ3n) is 3.20. The van der Waals surface area contributed by atoms with Gasteiger partial charge in [-0.15, -0.1) is 11.6 Å². The largest absolute Gasteiger partial charge is 0.497 e. The molecule has 1 aromatic carbocycles. The monoisotopic (exact) mass is 311 g/mol. The highest BCUT2D eigenvalue weighted by atomic mass is 35.5. The zero-order chi connectivity index (χ0) is 15.6. The summed E-state index contributed by atoms with van der Waals surface area (Å²) >= 11 is 5.36. The number of nitrogens with one attached hydrogen (secondary N) is 2. The maximum Gasteiger partial charge on any atom is 0.344 e. The van der Waals surface area contributed by atoms with Crippen LogP contribution in [0.1, 0.15) is 12.5 Å². The minimum absolute atomic E-state index is 0.354. The van der Waals surface area contributed by atoms with Crippen LogP contribution in [0.4, 0.5) is 4.79 Å². The number of imide groups is 1. The number of urea groups is 1. The number of alkyl halides is 1. The molecule has 0 unspecified atom stereocenters. The number of halogens is 1. The molecule has 0 radical (unpaired) electrons. The number of carbonyl (C=O) groups is 3. The van der Waals surface area contributed by atoms with Crippen LogP contribution in [0.15, 0.2) is 24.3 Å². The first-order valence-corrected chi connectivity index (χ1v) is 6.62. The second-order valence-corrected chi connectivity index (χ2v) is 4.86. The molecule has 0 spiro atoms. The number of methoxy groups -OCH3 is 1. The summed E-state index contributed by atoms with van der Waals surface area (Å²) in [5.41, 5.74) is 1.41. The van der Waals surface area contributed by atoms with Gasteiger partial charge in [-0.25, -0.2) is 4.79 Å². The Kier molecular flexibility index (Phi) is 4.04. The molecule has 21 heavy (non-hydrogen) atoms. The normalized spacial score (nSPS) is 21.2. The fraction of sp³-hybridized carbons (Fsp3) is 0.308. The Morgan fingerprint density at radius 1 is 1.48 bits per heavy atom. The highest BCUT2D eigenvalue weighted by Gasteiger charge is 2.50. The van der Waals surface area contributed by atoms with E-state index in [4.69, 9.17) is 16.3 Å². The smallest absolute Gasteiger partial charge is 0.344 e. The molecule has 112 valence electrons. The van der Waals surface area contributed by atoms with Gasteiger partial charge in [0.2, 0.25) is 0 Å². The van der Waals surface area contributed by atoms with Gasteiger partial charge in [-0.05, 0) is 24.6 Å². The molecule has 2 N–H and O–H groups in total. The molecule has 1 fully saturated rings. The van der Waals surface area contributed by atoms with Gasteiger partial charge in [0.15, 0.2) is 0 Å². The van der Waals surface area contributed by atoms with Crippen LogP contribution in [0.3, 0.4) is 0 Å². The van der Waals surface area contributed by atoms with E-state index in [0.29, 0.717) is 16.3 Å². The lowest BCUT2D eigenvalue weighted by atomic mass is 9.92. The number of rotatable bonds is 4. The number of benzene rings is 1. The average molecular weight is 312 g/mol. The predicted octanol–water partition coefficient (Wildman–Crippen LogP) is 0.732. The number of hydrazine groups is 1. The minimum Gasteiger partial charge on any atom is -0.497 e. The first-order chi connectivity index (χ1) is 9.92. The molecule has 0 aliphatic carbocycles. The first-order valence-electron chi connectivity index (χ1n) is 6.09. The first kappa shape index (κ1) is 15.1. The van der Waals surface area contributed by atoms with Crippen LogP contribution in [-0.2, 0) is 15.1 Å². The van der Waals surface area contributed by atoms with Crippen LogP contribution < -0.4 is 15.5 Å². The van der Waals surface area contributed by atoms with Gasteiger partial charge in [-0.2, -0.15) is 5.01 Å². The molecule has 0 saturated carbocycles.